The molecular weight excluding hydrogens is 352 g/mol. The summed E-state index contributed by atoms with van der Waals surface area (Å²) in [5, 5.41) is 11.3. The lowest BCUT2D eigenvalue weighted by molar-refractivity contribution is 0.0946. The third-order valence-electron chi connectivity index (χ3n) is 4.30. The molecule has 28 heavy (non-hydrogen) atoms. The lowest BCUT2D eigenvalue weighted by atomic mass is 10.1. The predicted octanol–water partition coefficient (Wildman–Crippen LogP) is 2.96. The van der Waals surface area contributed by atoms with Gasteiger partial charge in [0.05, 0.1) is 5.69 Å². The Morgan fingerprint density at radius 3 is 2.50 bits per heavy atom. The van der Waals surface area contributed by atoms with Gasteiger partial charge in [-0.15, -0.1) is 5.10 Å². The highest BCUT2D eigenvalue weighted by Crippen LogP contribution is 2.24. The second kappa shape index (κ2) is 7.79. The molecular formula is C21H18N6O. The first kappa shape index (κ1) is 17.5. The van der Waals surface area contributed by atoms with Crippen molar-refractivity contribution >= 4 is 5.91 Å². The molecule has 0 bridgehead atoms. The van der Waals surface area contributed by atoms with Crippen molar-refractivity contribution < 1.29 is 4.79 Å². The van der Waals surface area contributed by atoms with E-state index in [2.05, 4.69) is 25.6 Å². The molecule has 0 saturated heterocycles. The van der Waals surface area contributed by atoms with Crippen LogP contribution in [-0.4, -0.2) is 30.9 Å². The summed E-state index contributed by atoms with van der Waals surface area (Å²) in [6.07, 6.45) is 6.77. The van der Waals surface area contributed by atoms with E-state index >= 15 is 0 Å². The van der Waals surface area contributed by atoms with Crippen LogP contribution in [0.2, 0.25) is 0 Å². The molecule has 0 radical (unpaired) electrons. The van der Waals surface area contributed by atoms with Crippen molar-refractivity contribution in [1.29, 1.82) is 0 Å². The quantitative estimate of drug-likeness (QED) is 0.584. The zero-order valence-corrected chi connectivity index (χ0v) is 15.3. The molecule has 0 atom stereocenters. The van der Waals surface area contributed by atoms with Gasteiger partial charge in [0.1, 0.15) is 5.69 Å². The third kappa shape index (κ3) is 3.64. The van der Waals surface area contributed by atoms with E-state index in [1.807, 2.05) is 55.5 Å². The van der Waals surface area contributed by atoms with Gasteiger partial charge in [-0.05, 0) is 48.9 Å². The van der Waals surface area contributed by atoms with Crippen LogP contribution in [0.3, 0.4) is 0 Å². The van der Waals surface area contributed by atoms with Crippen LogP contribution < -0.4 is 5.32 Å². The van der Waals surface area contributed by atoms with Gasteiger partial charge in [-0.1, -0.05) is 22.9 Å². The highest BCUT2D eigenvalue weighted by atomic mass is 16.2. The summed E-state index contributed by atoms with van der Waals surface area (Å²) in [6.45, 7) is 2.40. The molecule has 3 aromatic heterocycles. The van der Waals surface area contributed by atoms with Gasteiger partial charge in [-0.25, -0.2) is 4.68 Å². The van der Waals surface area contributed by atoms with E-state index in [1.54, 1.807) is 29.5 Å². The van der Waals surface area contributed by atoms with Crippen molar-refractivity contribution in [2.45, 2.75) is 13.5 Å². The van der Waals surface area contributed by atoms with E-state index in [4.69, 9.17) is 0 Å². The van der Waals surface area contributed by atoms with E-state index in [1.165, 1.54) is 0 Å². The number of pyridine rings is 2. The van der Waals surface area contributed by atoms with Crippen LogP contribution in [-0.2, 0) is 6.54 Å². The maximum atomic E-state index is 12.8. The standard InChI is InChI=1S/C21H18N6O/c1-15-4-6-18(7-5-15)27-20(17-3-2-10-23-14-17)19(25-26-27)21(28)24-13-16-8-11-22-12-9-16/h2-12,14H,13H2,1H3,(H,24,28). The molecule has 7 nitrogen and oxygen atoms in total. The number of hydrogen-bond donors (Lipinski definition) is 1. The highest BCUT2D eigenvalue weighted by molar-refractivity contribution is 5.98. The summed E-state index contributed by atoms with van der Waals surface area (Å²) < 4.78 is 1.66. The molecule has 7 heteroatoms. The summed E-state index contributed by atoms with van der Waals surface area (Å²) in [5.41, 5.74) is 4.54. The van der Waals surface area contributed by atoms with E-state index in [-0.39, 0.29) is 11.6 Å². The average Bonchev–Trinajstić information content (AvgIpc) is 3.19. The van der Waals surface area contributed by atoms with E-state index in [0.29, 0.717) is 12.2 Å². The Hall–Kier alpha value is -3.87. The Morgan fingerprint density at radius 2 is 1.79 bits per heavy atom. The number of carbonyl (C=O) groups excluding carboxylic acids is 1. The van der Waals surface area contributed by atoms with Gasteiger partial charge in [-0.2, -0.15) is 0 Å². The lowest BCUT2D eigenvalue weighted by Crippen LogP contribution is -2.24. The summed E-state index contributed by atoms with van der Waals surface area (Å²) in [7, 11) is 0. The van der Waals surface area contributed by atoms with Crippen LogP contribution >= 0.6 is 0 Å². The monoisotopic (exact) mass is 370 g/mol. The molecule has 4 aromatic rings. The molecule has 138 valence electrons. The first-order valence-corrected chi connectivity index (χ1v) is 8.82. The smallest absolute Gasteiger partial charge is 0.274 e. The molecule has 0 aliphatic carbocycles. The number of nitrogens with zero attached hydrogens (tertiary/aromatic N) is 5. The molecule has 1 aromatic carbocycles. The van der Waals surface area contributed by atoms with Gasteiger partial charge in [0.2, 0.25) is 0 Å². The molecule has 1 N–H and O–H groups in total. The fourth-order valence-corrected chi connectivity index (χ4v) is 2.83. The van der Waals surface area contributed by atoms with Crippen molar-refractivity contribution in [1.82, 2.24) is 30.3 Å². The maximum absolute atomic E-state index is 12.8. The van der Waals surface area contributed by atoms with E-state index < -0.39 is 0 Å². The summed E-state index contributed by atoms with van der Waals surface area (Å²) in [6, 6.07) is 15.3. The Labute approximate surface area is 162 Å². The zero-order valence-electron chi connectivity index (χ0n) is 15.3. The van der Waals surface area contributed by atoms with Crippen molar-refractivity contribution in [3.63, 3.8) is 0 Å². The molecule has 0 aliphatic heterocycles. The number of nitrogens with one attached hydrogen (secondary N) is 1. The van der Waals surface area contributed by atoms with Crippen LogP contribution in [0.4, 0.5) is 0 Å². The van der Waals surface area contributed by atoms with Crippen LogP contribution in [0.15, 0.2) is 73.3 Å². The van der Waals surface area contributed by atoms with Crippen molar-refractivity contribution in [2.24, 2.45) is 0 Å². The number of benzene rings is 1. The first-order chi connectivity index (χ1) is 13.7. The van der Waals surface area contributed by atoms with E-state index in [0.717, 1.165) is 22.4 Å². The third-order valence-corrected chi connectivity index (χ3v) is 4.30. The SMILES string of the molecule is Cc1ccc(-n2nnc(C(=O)NCc3ccncc3)c2-c2cccnc2)cc1. The Morgan fingerprint density at radius 1 is 1.00 bits per heavy atom. The van der Waals surface area contributed by atoms with Gasteiger partial charge < -0.3 is 5.32 Å². The minimum absolute atomic E-state index is 0.252. The van der Waals surface area contributed by atoms with Gasteiger partial charge in [0.25, 0.3) is 5.91 Å². The number of rotatable bonds is 5. The second-order valence-corrected chi connectivity index (χ2v) is 6.31. The van der Waals surface area contributed by atoms with Gasteiger partial charge in [0.15, 0.2) is 5.69 Å². The van der Waals surface area contributed by atoms with E-state index in [9.17, 15) is 4.79 Å². The topological polar surface area (TPSA) is 85.6 Å². The molecule has 0 fully saturated rings. The largest absolute Gasteiger partial charge is 0.346 e. The number of amides is 1. The van der Waals surface area contributed by atoms with Crippen LogP contribution in [0.25, 0.3) is 16.9 Å². The Bertz CT molecular complexity index is 1080. The van der Waals surface area contributed by atoms with Crippen molar-refractivity contribution in [2.75, 3.05) is 0 Å². The van der Waals surface area contributed by atoms with Crippen molar-refractivity contribution in [3.05, 3.63) is 90.1 Å². The number of aromatic nitrogens is 5. The normalized spacial score (nSPS) is 10.6. The zero-order chi connectivity index (χ0) is 19.3. The fraction of sp³-hybridized carbons (Fsp3) is 0.0952. The van der Waals surface area contributed by atoms with Crippen LogP contribution in [0.1, 0.15) is 21.6 Å². The first-order valence-electron chi connectivity index (χ1n) is 8.82. The Kier molecular flexibility index (Phi) is 4.88. The molecule has 0 saturated carbocycles. The van der Waals surface area contributed by atoms with Gasteiger partial charge >= 0.3 is 0 Å². The molecule has 1 amide bonds. The second-order valence-electron chi connectivity index (χ2n) is 6.31. The van der Waals surface area contributed by atoms with Crippen LogP contribution in [0, 0.1) is 6.92 Å². The van der Waals surface area contributed by atoms with Gasteiger partial charge in [0, 0.05) is 36.9 Å². The Balaban J connectivity index is 1.71. The fourth-order valence-electron chi connectivity index (χ4n) is 2.83. The molecule has 4 rings (SSSR count). The highest BCUT2D eigenvalue weighted by Gasteiger charge is 2.22. The summed E-state index contributed by atoms with van der Waals surface area (Å²) in [5.74, 6) is -0.297. The number of aryl methyl sites for hydroxylation is 1. The minimum Gasteiger partial charge on any atom is -0.346 e. The number of carbonyl (C=O) groups is 1. The molecule has 0 unspecified atom stereocenters. The molecule has 0 aliphatic rings. The average molecular weight is 370 g/mol. The van der Waals surface area contributed by atoms with Gasteiger partial charge in [-0.3, -0.25) is 14.8 Å². The summed E-state index contributed by atoms with van der Waals surface area (Å²) in [4.78, 5) is 21.0. The number of hydrogen-bond acceptors (Lipinski definition) is 5. The van der Waals surface area contributed by atoms with Crippen molar-refractivity contribution in [3.8, 4) is 16.9 Å². The predicted molar refractivity (Wildman–Crippen MR) is 105 cm³/mol. The maximum Gasteiger partial charge on any atom is 0.274 e. The molecule has 3 heterocycles. The summed E-state index contributed by atoms with van der Waals surface area (Å²) >= 11 is 0. The lowest BCUT2D eigenvalue weighted by Gasteiger charge is -2.09. The molecule has 0 spiro atoms. The van der Waals surface area contributed by atoms with Crippen LogP contribution in [0.5, 0.6) is 0 Å². The minimum atomic E-state index is -0.297.